The molecule has 1 unspecified atom stereocenters. The van der Waals surface area contributed by atoms with Crippen LogP contribution in [0.15, 0.2) is 48.5 Å². The second-order valence-corrected chi connectivity index (χ2v) is 4.61. The maximum Gasteiger partial charge on any atom is 0.251 e. The first-order chi connectivity index (χ1) is 9.08. The van der Waals surface area contributed by atoms with Gasteiger partial charge in [-0.25, -0.2) is 0 Å². The molecule has 98 valence electrons. The largest absolute Gasteiger partial charge is 0.508 e. The van der Waals surface area contributed by atoms with Crippen LogP contribution in [0.2, 0.25) is 0 Å². The minimum atomic E-state index is -0.188. The summed E-state index contributed by atoms with van der Waals surface area (Å²) in [6, 6.07) is 14.6. The Morgan fingerprint density at radius 3 is 2.47 bits per heavy atom. The number of aromatic hydroxyl groups is 1. The molecule has 0 fully saturated rings. The van der Waals surface area contributed by atoms with Crippen LogP contribution in [0.1, 0.15) is 34.5 Å². The van der Waals surface area contributed by atoms with E-state index >= 15 is 0 Å². The van der Waals surface area contributed by atoms with Crippen molar-refractivity contribution in [2.45, 2.75) is 19.9 Å². The van der Waals surface area contributed by atoms with Crippen molar-refractivity contribution in [3.63, 3.8) is 0 Å². The van der Waals surface area contributed by atoms with Gasteiger partial charge < -0.3 is 10.4 Å². The Hall–Kier alpha value is -2.29. The molecule has 0 aliphatic heterocycles. The van der Waals surface area contributed by atoms with Gasteiger partial charge in [0, 0.05) is 5.56 Å². The van der Waals surface area contributed by atoms with Gasteiger partial charge in [0.1, 0.15) is 5.75 Å². The zero-order valence-electron chi connectivity index (χ0n) is 11.1. The molecule has 19 heavy (non-hydrogen) atoms. The van der Waals surface area contributed by atoms with Gasteiger partial charge >= 0.3 is 0 Å². The summed E-state index contributed by atoms with van der Waals surface area (Å²) in [5.41, 5.74) is 2.27. The Labute approximate surface area is 112 Å². The second kappa shape index (κ2) is 5.57. The summed E-state index contributed by atoms with van der Waals surface area (Å²) in [6.07, 6.45) is 0. The Morgan fingerprint density at radius 1 is 1.16 bits per heavy atom. The van der Waals surface area contributed by atoms with E-state index in [-0.39, 0.29) is 17.7 Å². The molecule has 1 amide bonds. The summed E-state index contributed by atoms with van der Waals surface area (Å²) in [5, 5.41) is 12.5. The Kier molecular flexibility index (Phi) is 3.85. The fourth-order valence-electron chi connectivity index (χ4n) is 1.86. The van der Waals surface area contributed by atoms with Crippen molar-refractivity contribution in [3.8, 4) is 5.75 Å². The highest BCUT2D eigenvalue weighted by molar-refractivity contribution is 5.94. The summed E-state index contributed by atoms with van der Waals surface area (Å²) in [7, 11) is 0. The molecule has 2 rings (SSSR count). The number of benzene rings is 2. The topological polar surface area (TPSA) is 49.3 Å². The van der Waals surface area contributed by atoms with Gasteiger partial charge in [0.05, 0.1) is 6.04 Å². The SMILES string of the molecule is Cc1ccc(C(=O)NC(C)c2ccccc2)cc1O. The van der Waals surface area contributed by atoms with Gasteiger partial charge in [0.25, 0.3) is 5.91 Å². The maximum atomic E-state index is 12.1. The van der Waals surface area contributed by atoms with Crippen LogP contribution in [0.5, 0.6) is 5.75 Å². The average molecular weight is 255 g/mol. The predicted octanol–water partition coefficient (Wildman–Crippen LogP) is 3.19. The number of hydrogen-bond acceptors (Lipinski definition) is 2. The highest BCUT2D eigenvalue weighted by atomic mass is 16.3. The minimum Gasteiger partial charge on any atom is -0.508 e. The van der Waals surface area contributed by atoms with E-state index in [9.17, 15) is 9.90 Å². The van der Waals surface area contributed by atoms with Gasteiger partial charge in [0.15, 0.2) is 0 Å². The third kappa shape index (κ3) is 3.13. The van der Waals surface area contributed by atoms with Crippen molar-refractivity contribution in [1.82, 2.24) is 5.32 Å². The number of phenols is 1. The molecule has 0 spiro atoms. The number of rotatable bonds is 3. The number of amides is 1. The lowest BCUT2D eigenvalue weighted by Crippen LogP contribution is -2.26. The molecule has 0 aliphatic carbocycles. The van der Waals surface area contributed by atoms with E-state index < -0.39 is 0 Å². The van der Waals surface area contributed by atoms with Crippen LogP contribution in [0.25, 0.3) is 0 Å². The van der Waals surface area contributed by atoms with Crippen LogP contribution in [-0.4, -0.2) is 11.0 Å². The summed E-state index contributed by atoms with van der Waals surface area (Å²) < 4.78 is 0. The van der Waals surface area contributed by atoms with Crippen molar-refractivity contribution in [3.05, 3.63) is 65.2 Å². The van der Waals surface area contributed by atoms with Crippen molar-refractivity contribution in [2.75, 3.05) is 0 Å². The fraction of sp³-hybridized carbons (Fsp3) is 0.188. The number of phenolic OH excluding ortho intramolecular Hbond substituents is 1. The Morgan fingerprint density at radius 2 is 1.84 bits per heavy atom. The van der Waals surface area contributed by atoms with Gasteiger partial charge in [-0.15, -0.1) is 0 Å². The number of aryl methyl sites for hydroxylation is 1. The minimum absolute atomic E-state index is 0.0721. The molecule has 0 aliphatic rings. The molecule has 0 radical (unpaired) electrons. The molecule has 0 aromatic heterocycles. The van der Waals surface area contributed by atoms with E-state index in [1.807, 2.05) is 37.3 Å². The zero-order valence-corrected chi connectivity index (χ0v) is 11.1. The lowest BCUT2D eigenvalue weighted by Gasteiger charge is -2.14. The smallest absolute Gasteiger partial charge is 0.251 e. The highest BCUT2D eigenvalue weighted by Gasteiger charge is 2.12. The van der Waals surface area contributed by atoms with Gasteiger partial charge in [-0.05, 0) is 37.1 Å². The summed E-state index contributed by atoms with van der Waals surface area (Å²) in [5.74, 6) is -0.0494. The summed E-state index contributed by atoms with van der Waals surface area (Å²) in [6.45, 7) is 3.73. The van der Waals surface area contributed by atoms with E-state index in [4.69, 9.17) is 0 Å². The standard InChI is InChI=1S/C16H17NO2/c1-11-8-9-14(10-15(11)18)16(19)17-12(2)13-6-4-3-5-7-13/h3-10,12,18H,1-2H3,(H,17,19). The van der Waals surface area contributed by atoms with Gasteiger partial charge in [-0.2, -0.15) is 0 Å². The van der Waals surface area contributed by atoms with E-state index in [2.05, 4.69) is 5.32 Å². The molecule has 3 nitrogen and oxygen atoms in total. The molecule has 2 aromatic carbocycles. The van der Waals surface area contributed by atoms with Crippen LogP contribution in [0, 0.1) is 6.92 Å². The molecule has 2 aromatic rings. The number of carbonyl (C=O) groups is 1. The van der Waals surface area contributed by atoms with E-state index in [1.54, 1.807) is 19.1 Å². The summed E-state index contributed by atoms with van der Waals surface area (Å²) >= 11 is 0. The van der Waals surface area contributed by atoms with Crippen LogP contribution < -0.4 is 5.32 Å². The van der Waals surface area contributed by atoms with Gasteiger partial charge in [-0.1, -0.05) is 36.4 Å². The second-order valence-electron chi connectivity index (χ2n) is 4.61. The lowest BCUT2D eigenvalue weighted by molar-refractivity contribution is 0.0939. The molecule has 0 bridgehead atoms. The van der Waals surface area contributed by atoms with Crippen molar-refractivity contribution >= 4 is 5.91 Å². The van der Waals surface area contributed by atoms with Crippen molar-refractivity contribution in [1.29, 1.82) is 0 Å². The van der Waals surface area contributed by atoms with Crippen LogP contribution in [0.3, 0.4) is 0 Å². The number of nitrogens with one attached hydrogen (secondary N) is 1. The molecule has 2 N–H and O–H groups in total. The third-order valence-corrected chi connectivity index (χ3v) is 3.12. The first-order valence-corrected chi connectivity index (χ1v) is 6.23. The molecular formula is C16H17NO2. The van der Waals surface area contributed by atoms with E-state index in [0.717, 1.165) is 11.1 Å². The monoisotopic (exact) mass is 255 g/mol. The molecule has 0 saturated heterocycles. The molecule has 3 heteroatoms. The van der Waals surface area contributed by atoms with E-state index in [1.165, 1.54) is 6.07 Å². The highest BCUT2D eigenvalue weighted by Crippen LogP contribution is 2.18. The first-order valence-electron chi connectivity index (χ1n) is 6.23. The number of carbonyl (C=O) groups excluding carboxylic acids is 1. The zero-order chi connectivity index (χ0) is 13.8. The van der Waals surface area contributed by atoms with Crippen molar-refractivity contribution < 1.29 is 9.90 Å². The van der Waals surface area contributed by atoms with Crippen molar-refractivity contribution in [2.24, 2.45) is 0 Å². The summed E-state index contributed by atoms with van der Waals surface area (Å²) in [4.78, 5) is 12.1. The first kappa shape index (κ1) is 13.1. The third-order valence-electron chi connectivity index (χ3n) is 3.12. The fourth-order valence-corrected chi connectivity index (χ4v) is 1.86. The maximum absolute atomic E-state index is 12.1. The Balaban J connectivity index is 2.11. The van der Waals surface area contributed by atoms with Crippen LogP contribution >= 0.6 is 0 Å². The quantitative estimate of drug-likeness (QED) is 0.885. The molecular weight excluding hydrogens is 238 g/mol. The average Bonchev–Trinajstić information content (AvgIpc) is 2.42. The van der Waals surface area contributed by atoms with Gasteiger partial charge in [0.2, 0.25) is 0 Å². The van der Waals surface area contributed by atoms with Gasteiger partial charge in [-0.3, -0.25) is 4.79 Å². The van der Waals surface area contributed by atoms with Crippen LogP contribution in [-0.2, 0) is 0 Å². The predicted molar refractivity (Wildman–Crippen MR) is 75.2 cm³/mol. The molecule has 0 heterocycles. The van der Waals surface area contributed by atoms with E-state index in [0.29, 0.717) is 5.56 Å². The normalized spacial score (nSPS) is 11.9. The molecule has 0 saturated carbocycles. The number of hydrogen-bond donors (Lipinski definition) is 2. The van der Waals surface area contributed by atoms with Crippen LogP contribution in [0.4, 0.5) is 0 Å². The molecule has 1 atom stereocenters. The Bertz CT molecular complexity index is 579. The lowest BCUT2D eigenvalue weighted by atomic mass is 10.1.